The summed E-state index contributed by atoms with van der Waals surface area (Å²) in [4.78, 5) is 6.76. The van der Waals surface area contributed by atoms with E-state index >= 15 is 0 Å². The Bertz CT molecular complexity index is 4420. The van der Waals surface area contributed by atoms with Crippen molar-refractivity contribution < 1.29 is 0 Å². The Balaban J connectivity index is 1.14. The molecule has 2 nitrogen and oxygen atoms in total. The molecule has 0 radical (unpaired) electrons. The molecule has 0 unspecified atom stereocenters. The number of hydrogen-bond donors (Lipinski definition) is 0. The molecule has 0 amide bonds. The molecule has 2 aliphatic heterocycles. The molecule has 3 aliphatic rings. The molecule has 1 aliphatic carbocycles. The summed E-state index contributed by atoms with van der Waals surface area (Å²) in [6.45, 7) is 18.6. The van der Waals surface area contributed by atoms with Crippen molar-refractivity contribution in [3.05, 3.63) is 235 Å². The average Bonchev–Trinajstić information content (AvgIpc) is 3.89. The van der Waals surface area contributed by atoms with Gasteiger partial charge in [0, 0.05) is 69.6 Å². The van der Waals surface area contributed by atoms with Gasteiger partial charge in [0.25, 0.3) is 0 Å². The number of benzene rings is 10. The van der Waals surface area contributed by atoms with Crippen molar-refractivity contribution in [2.75, 3.05) is 9.71 Å². The van der Waals surface area contributed by atoms with Crippen LogP contribution in [-0.4, -0.2) is 6.85 Å². The van der Waals surface area contributed by atoms with Crippen LogP contribution in [0.2, 0.25) is 0 Å². The van der Waals surface area contributed by atoms with Gasteiger partial charge in [-0.15, -0.1) is 22.7 Å². The van der Waals surface area contributed by atoms with Crippen LogP contribution in [0.4, 0.5) is 28.4 Å². The molecule has 0 N–H and O–H groups in total. The predicted octanol–water partition coefficient (Wildman–Crippen LogP) is 19.9. The van der Waals surface area contributed by atoms with Gasteiger partial charge in [-0.25, -0.2) is 0 Å². The van der Waals surface area contributed by atoms with E-state index in [1.807, 2.05) is 22.7 Å². The Morgan fingerprint density at radius 1 is 0.423 bits per heavy atom. The second-order valence-electron chi connectivity index (χ2n) is 24.4. The van der Waals surface area contributed by atoms with Crippen molar-refractivity contribution in [3.8, 4) is 54.9 Å². The maximum atomic E-state index is 2.75. The third kappa shape index (κ3) is 7.00. The van der Waals surface area contributed by atoms with Crippen LogP contribution in [0.5, 0.6) is 0 Å². The third-order valence-corrected chi connectivity index (χ3v) is 19.8. The lowest BCUT2D eigenvalue weighted by Crippen LogP contribution is -2.61. The Labute approximate surface area is 467 Å². The lowest BCUT2D eigenvalue weighted by Gasteiger charge is -2.46. The summed E-state index contributed by atoms with van der Waals surface area (Å²) in [7, 11) is 0. The van der Waals surface area contributed by atoms with Crippen molar-refractivity contribution >= 4 is 99.1 Å². The Morgan fingerprint density at radius 2 is 1.06 bits per heavy atom. The van der Waals surface area contributed by atoms with Gasteiger partial charge in [-0.1, -0.05) is 207 Å². The van der Waals surface area contributed by atoms with Crippen LogP contribution in [0.1, 0.15) is 77.6 Å². The van der Waals surface area contributed by atoms with Crippen LogP contribution in [-0.2, 0) is 16.2 Å². The molecule has 0 saturated heterocycles. The van der Waals surface area contributed by atoms with Crippen LogP contribution in [0.3, 0.4) is 0 Å². The largest absolute Gasteiger partial charge is 0.376 e. The molecule has 0 bridgehead atoms. The molecular weight excluding hydrogens is 980 g/mol. The second-order valence-corrected chi connectivity index (χ2v) is 26.5. The highest BCUT2D eigenvalue weighted by Gasteiger charge is 2.49. The molecule has 0 atom stereocenters. The van der Waals surface area contributed by atoms with Gasteiger partial charge in [-0.3, -0.25) is 0 Å². The SMILES string of the molecule is CC(C)(C)c1ccc(N2B3c4cc5sc(-c6ccccc6)c(-c6ccccc6)c5cc4N(c4ccc(C(C)(C)C)cc4-c4ccccc4)c4c3c(cc3c4sc4ccccc43)-c3cc4c(cc32)C(C)(C)c2ccccc2-4)cc1. The topological polar surface area (TPSA) is 6.48 Å². The average molecular weight is 1040 g/mol. The molecule has 12 aromatic rings. The first kappa shape index (κ1) is 47.3. The van der Waals surface area contributed by atoms with Gasteiger partial charge < -0.3 is 9.71 Å². The summed E-state index contributed by atoms with van der Waals surface area (Å²) in [5.74, 6) is 0. The van der Waals surface area contributed by atoms with Gasteiger partial charge in [-0.05, 0) is 138 Å². The lowest BCUT2D eigenvalue weighted by atomic mass is 9.43. The van der Waals surface area contributed by atoms with E-state index in [1.165, 1.54) is 147 Å². The molecular formula is C73H59BN2S2. The van der Waals surface area contributed by atoms with Crippen LogP contribution in [0, 0.1) is 0 Å². The molecule has 15 rings (SSSR count). The third-order valence-electron chi connectivity index (χ3n) is 17.4. The zero-order chi connectivity index (χ0) is 53.0. The molecule has 5 heteroatoms. The molecule has 0 fully saturated rings. The Hall–Kier alpha value is -7.96. The van der Waals surface area contributed by atoms with Crippen molar-refractivity contribution in [3.63, 3.8) is 0 Å². The van der Waals surface area contributed by atoms with E-state index in [4.69, 9.17) is 0 Å². The van der Waals surface area contributed by atoms with E-state index < -0.39 is 0 Å². The fraction of sp³-hybridized carbons (Fsp3) is 0.151. The first-order valence-electron chi connectivity index (χ1n) is 27.6. The van der Waals surface area contributed by atoms with Crippen molar-refractivity contribution in [1.29, 1.82) is 0 Å². The smallest absolute Gasteiger partial charge is 0.333 e. The number of hydrogen-bond acceptors (Lipinski definition) is 4. The van der Waals surface area contributed by atoms with E-state index in [1.54, 1.807) is 0 Å². The highest BCUT2D eigenvalue weighted by atomic mass is 32.1. The standard InChI is InChI=1S/C73H59BN2S2/c1-71(2,3)47-32-35-49(36-33-47)76-62-42-59-53(50-28-18-20-30-58(50)73(59,7)8)39-54(62)55-40-56-51-29-19-21-31-64(51)77-70(56)68-67(55)74(76)60-43-65-57(66(45-24-14-10-15-25-45)69(78-65)46-26-16-11-17-27-46)41-63(60)75(68)61-37-34-48(72(4,5)6)38-52(61)44-22-12-9-13-23-44/h9-43H,1-8H3. The molecule has 376 valence electrons. The minimum atomic E-state index is -0.194. The van der Waals surface area contributed by atoms with Crippen LogP contribution < -0.4 is 20.6 Å². The van der Waals surface area contributed by atoms with Crippen molar-refractivity contribution in [2.45, 2.75) is 71.6 Å². The number of fused-ring (bicyclic) bond motifs is 12. The summed E-state index contributed by atoms with van der Waals surface area (Å²) >= 11 is 3.87. The number of anilines is 5. The van der Waals surface area contributed by atoms with Gasteiger partial charge in [0.05, 0.1) is 16.1 Å². The van der Waals surface area contributed by atoms with Crippen LogP contribution in [0.25, 0.3) is 85.2 Å². The van der Waals surface area contributed by atoms with Crippen molar-refractivity contribution in [2.24, 2.45) is 0 Å². The zero-order valence-corrected chi connectivity index (χ0v) is 47.1. The summed E-state index contributed by atoms with van der Waals surface area (Å²) in [5.41, 5.74) is 25.3. The van der Waals surface area contributed by atoms with Gasteiger partial charge in [0.2, 0.25) is 0 Å². The van der Waals surface area contributed by atoms with E-state index in [2.05, 4.69) is 277 Å². The number of nitrogens with zero attached hydrogens (tertiary/aromatic N) is 2. The minimum absolute atomic E-state index is 0.00382. The van der Waals surface area contributed by atoms with Gasteiger partial charge in [0.1, 0.15) is 0 Å². The van der Waals surface area contributed by atoms with E-state index in [9.17, 15) is 0 Å². The molecule has 0 spiro atoms. The summed E-state index contributed by atoms with van der Waals surface area (Å²) in [6.07, 6.45) is 0. The maximum Gasteiger partial charge on any atom is 0.333 e. The molecule has 10 aromatic carbocycles. The molecule has 2 aromatic heterocycles. The molecule has 4 heterocycles. The highest BCUT2D eigenvalue weighted by Crippen LogP contribution is 2.58. The van der Waals surface area contributed by atoms with Gasteiger partial charge >= 0.3 is 6.85 Å². The van der Waals surface area contributed by atoms with E-state index in [0.29, 0.717) is 0 Å². The van der Waals surface area contributed by atoms with E-state index in [-0.39, 0.29) is 23.1 Å². The van der Waals surface area contributed by atoms with Crippen LogP contribution >= 0.6 is 22.7 Å². The molecule has 78 heavy (non-hydrogen) atoms. The summed E-state index contributed by atoms with van der Waals surface area (Å²) < 4.78 is 3.89. The highest BCUT2D eigenvalue weighted by molar-refractivity contribution is 7.26. The quantitative estimate of drug-likeness (QED) is 0.159. The van der Waals surface area contributed by atoms with Gasteiger partial charge in [-0.2, -0.15) is 0 Å². The lowest BCUT2D eigenvalue weighted by molar-refractivity contribution is 0.590. The maximum absolute atomic E-state index is 2.75. The summed E-state index contributed by atoms with van der Waals surface area (Å²) in [5, 5.41) is 3.86. The fourth-order valence-electron chi connectivity index (χ4n) is 13.4. The molecule has 0 saturated carbocycles. The first-order chi connectivity index (χ1) is 37.7. The normalized spacial score (nSPS) is 14.2. The number of thiophene rings is 2. The Morgan fingerprint density at radius 3 is 1.78 bits per heavy atom. The van der Waals surface area contributed by atoms with Crippen molar-refractivity contribution in [1.82, 2.24) is 0 Å². The predicted molar refractivity (Wildman–Crippen MR) is 340 cm³/mol. The zero-order valence-electron chi connectivity index (χ0n) is 45.5. The number of rotatable bonds is 5. The monoisotopic (exact) mass is 1040 g/mol. The minimum Gasteiger partial charge on any atom is -0.376 e. The first-order valence-corrected chi connectivity index (χ1v) is 29.2. The Kier molecular flexibility index (Phi) is 10.3. The fourth-order valence-corrected chi connectivity index (χ4v) is 15.9. The van der Waals surface area contributed by atoms with Gasteiger partial charge in [0.15, 0.2) is 0 Å². The van der Waals surface area contributed by atoms with Crippen LogP contribution in [0.15, 0.2) is 212 Å². The summed E-state index contributed by atoms with van der Waals surface area (Å²) in [6, 6.07) is 81.4. The second kappa shape index (κ2) is 17.0. The van der Waals surface area contributed by atoms with E-state index in [0.717, 1.165) is 0 Å².